The van der Waals surface area contributed by atoms with E-state index < -0.39 is 0 Å². The Kier molecular flexibility index (Phi) is 4.63. The Balaban J connectivity index is 2.59. The molecule has 0 aliphatic rings. The van der Waals surface area contributed by atoms with Gasteiger partial charge in [-0.15, -0.1) is 11.3 Å². The minimum Gasteiger partial charge on any atom is -0.354 e. The van der Waals surface area contributed by atoms with Crippen LogP contribution in [0, 0.1) is 0 Å². The Morgan fingerprint density at radius 3 is 2.63 bits per heavy atom. The van der Waals surface area contributed by atoms with Gasteiger partial charge in [0.05, 0.1) is 5.39 Å². The van der Waals surface area contributed by atoms with Gasteiger partial charge in [-0.2, -0.15) is 4.98 Å². The summed E-state index contributed by atoms with van der Waals surface area (Å²) in [6.07, 6.45) is 2.11. The molecule has 104 valence electrons. The molecule has 0 aliphatic heterocycles. The molecule has 0 radical (unpaired) electrons. The Morgan fingerprint density at radius 1 is 1.32 bits per heavy atom. The van der Waals surface area contributed by atoms with Gasteiger partial charge in [0.1, 0.15) is 10.6 Å². The fourth-order valence-corrected chi connectivity index (χ4v) is 3.39. The van der Waals surface area contributed by atoms with E-state index in [1.807, 2.05) is 0 Å². The summed E-state index contributed by atoms with van der Waals surface area (Å²) in [5.74, 6) is 0.975. The van der Waals surface area contributed by atoms with E-state index >= 15 is 0 Å². The van der Waals surface area contributed by atoms with Gasteiger partial charge in [-0.1, -0.05) is 13.8 Å². The Bertz CT molecular complexity index is 567. The van der Waals surface area contributed by atoms with E-state index in [1.54, 1.807) is 11.3 Å². The lowest BCUT2D eigenvalue weighted by Crippen LogP contribution is -2.33. The lowest BCUT2D eigenvalue weighted by atomic mass is 10.2. The zero-order valence-corrected chi connectivity index (χ0v) is 13.5. The van der Waals surface area contributed by atoms with Crippen LogP contribution in [0.1, 0.15) is 39.0 Å². The number of halogens is 1. The van der Waals surface area contributed by atoms with E-state index in [2.05, 4.69) is 48.6 Å². The van der Waals surface area contributed by atoms with E-state index in [0.717, 1.165) is 35.4 Å². The quantitative estimate of drug-likeness (QED) is 0.759. The van der Waals surface area contributed by atoms with Crippen LogP contribution in [-0.2, 0) is 6.42 Å². The molecule has 5 heteroatoms. The summed E-state index contributed by atoms with van der Waals surface area (Å²) in [7, 11) is 0. The average Bonchev–Trinajstić information content (AvgIpc) is 2.82. The topological polar surface area (TPSA) is 29.0 Å². The first-order chi connectivity index (χ1) is 9.10. The van der Waals surface area contributed by atoms with Crippen molar-refractivity contribution < 1.29 is 0 Å². The number of anilines is 1. The molecule has 0 saturated heterocycles. The number of thiophene rings is 1. The molecule has 0 aromatic carbocycles. The van der Waals surface area contributed by atoms with Crippen LogP contribution in [0.4, 0.5) is 5.82 Å². The summed E-state index contributed by atoms with van der Waals surface area (Å²) in [5.41, 5.74) is 0. The highest BCUT2D eigenvalue weighted by Gasteiger charge is 2.18. The van der Waals surface area contributed by atoms with E-state index in [-0.39, 0.29) is 0 Å². The molecule has 0 aliphatic carbocycles. The molecule has 0 fully saturated rings. The summed E-state index contributed by atoms with van der Waals surface area (Å²) >= 11 is 7.79. The van der Waals surface area contributed by atoms with E-state index in [0.29, 0.717) is 11.3 Å². The molecular formula is C14H20ClN3S. The van der Waals surface area contributed by atoms with Gasteiger partial charge in [0, 0.05) is 17.5 Å². The predicted octanol–water partition coefficient (Wildman–Crippen LogP) is 4.53. The Morgan fingerprint density at radius 2 is 2.05 bits per heavy atom. The smallest absolute Gasteiger partial charge is 0.225 e. The first-order valence-corrected chi connectivity index (χ1v) is 8.02. The fourth-order valence-electron chi connectivity index (χ4n) is 2.21. The summed E-state index contributed by atoms with van der Waals surface area (Å²) in [6.45, 7) is 9.65. The first-order valence-electron chi connectivity index (χ1n) is 6.83. The van der Waals surface area contributed by atoms with E-state index in [4.69, 9.17) is 11.6 Å². The third-order valence-corrected chi connectivity index (χ3v) is 4.82. The first kappa shape index (κ1) is 14.5. The molecule has 0 bridgehead atoms. The Hall–Kier alpha value is -0.870. The second-order valence-electron chi connectivity index (χ2n) is 4.64. The van der Waals surface area contributed by atoms with Crippen molar-refractivity contribution in [3.8, 4) is 0 Å². The minimum absolute atomic E-state index is 0.341. The summed E-state index contributed by atoms with van der Waals surface area (Å²) in [4.78, 5) is 13.5. The monoisotopic (exact) mass is 297 g/mol. The molecule has 19 heavy (non-hydrogen) atoms. The van der Waals surface area contributed by atoms with Crippen molar-refractivity contribution in [2.24, 2.45) is 0 Å². The summed E-state index contributed by atoms with van der Waals surface area (Å²) in [5, 5.41) is 1.47. The van der Waals surface area contributed by atoms with Crippen LogP contribution in [0.3, 0.4) is 0 Å². The third kappa shape index (κ3) is 2.84. The maximum absolute atomic E-state index is 6.08. The van der Waals surface area contributed by atoms with Gasteiger partial charge in [-0.05, 0) is 44.4 Å². The van der Waals surface area contributed by atoms with Crippen LogP contribution in [0.25, 0.3) is 10.2 Å². The molecule has 0 N–H and O–H groups in total. The van der Waals surface area contributed by atoms with Gasteiger partial charge >= 0.3 is 0 Å². The lowest BCUT2D eigenvalue weighted by molar-refractivity contribution is 0.625. The lowest BCUT2D eigenvalue weighted by Gasteiger charge is -2.28. The molecule has 0 amide bonds. The maximum Gasteiger partial charge on any atom is 0.225 e. The van der Waals surface area contributed by atoms with Gasteiger partial charge < -0.3 is 4.90 Å². The molecule has 2 heterocycles. The molecule has 1 unspecified atom stereocenters. The van der Waals surface area contributed by atoms with Crippen molar-refractivity contribution >= 4 is 39.0 Å². The highest BCUT2D eigenvalue weighted by Crippen LogP contribution is 2.33. The summed E-state index contributed by atoms with van der Waals surface area (Å²) < 4.78 is 0. The molecule has 1 atom stereocenters. The van der Waals surface area contributed by atoms with Gasteiger partial charge in [-0.25, -0.2) is 4.98 Å². The molecule has 0 spiro atoms. The Labute approximate surface area is 123 Å². The van der Waals surface area contributed by atoms with Crippen LogP contribution in [0.5, 0.6) is 0 Å². The third-order valence-electron chi connectivity index (χ3n) is 3.48. The number of rotatable bonds is 5. The summed E-state index contributed by atoms with van der Waals surface area (Å²) in [6, 6.07) is 2.65. The minimum atomic E-state index is 0.341. The second kappa shape index (κ2) is 6.06. The van der Waals surface area contributed by atoms with E-state index in [9.17, 15) is 0 Å². The van der Waals surface area contributed by atoms with Crippen LogP contribution in [-0.4, -0.2) is 22.6 Å². The van der Waals surface area contributed by atoms with Crippen molar-refractivity contribution in [2.75, 3.05) is 11.4 Å². The van der Waals surface area contributed by atoms with Gasteiger partial charge in [0.2, 0.25) is 5.28 Å². The molecule has 3 nitrogen and oxygen atoms in total. The number of fused-ring (bicyclic) bond motifs is 1. The number of hydrogen-bond donors (Lipinski definition) is 0. The van der Waals surface area contributed by atoms with Crippen molar-refractivity contribution in [3.05, 3.63) is 16.2 Å². The zero-order chi connectivity index (χ0) is 14.0. The number of aryl methyl sites for hydroxylation is 1. The number of nitrogens with zero attached hydrogens (tertiary/aromatic N) is 3. The van der Waals surface area contributed by atoms with Crippen molar-refractivity contribution in [1.82, 2.24) is 9.97 Å². The maximum atomic E-state index is 6.08. The van der Waals surface area contributed by atoms with Crippen LogP contribution in [0.2, 0.25) is 5.28 Å². The van der Waals surface area contributed by atoms with Crippen molar-refractivity contribution in [2.45, 2.75) is 46.6 Å². The molecule has 2 aromatic heterocycles. The van der Waals surface area contributed by atoms with Crippen LogP contribution in [0.15, 0.2) is 6.07 Å². The SMILES string of the molecule is CCc1cc2c(N(CC)C(C)CC)nc(Cl)nc2s1. The predicted molar refractivity (Wildman–Crippen MR) is 84.6 cm³/mol. The van der Waals surface area contributed by atoms with Crippen molar-refractivity contribution in [3.63, 3.8) is 0 Å². The highest BCUT2D eigenvalue weighted by atomic mass is 35.5. The van der Waals surface area contributed by atoms with Crippen LogP contribution < -0.4 is 4.90 Å². The highest BCUT2D eigenvalue weighted by molar-refractivity contribution is 7.18. The standard InChI is InChI=1S/C14H20ClN3S/c1-5-9(4)18(7-3)12-11-8-10(6-2)19-13(11)17-14(15)16-12/h8-9H,5-7H2,1-4H3. The zero-order valence-electron chi connectivity index (χ0n) is 11.9. The molecule has 2 aromatic rings. The molecule has 2 rings (SSSR count). The van der Waals surface area contributed by atoms with Gasteiger partial charge in [0.15, 0.2) is 0 Å². The number of hydrogen-bond acceptors (Lipinski definition) is 4. The molecule has 0 saturated carbocycles. The number of aromatic nitrogens is 2. The van der Waals surface area contributed by atoms with E-state index in [1.165, 1.54) is 4.88 Å². The second-order valence-corrected chi connectivity index (χ2v) is 6.10. The largest absolute Gasteiger partial charge is 0.354 e. The average molecular weight is 298 g/mol. The van der Waals surface area contributed by atoms with Crippen LogP contribution >= 0.6 is 22.9 Å². The fraction of sp³-hybridized carbons (Fsp3) is 0.571. The van der Waals surface area contributed by atoms with Crippen molar-refractivity contribution in [1.29, 1.82) is 0 Å². The van der Waals surface area contributed by atoms with Gasteiger partial charge in [-0.3, -0.25) is 0 Å². The normalized spacial score (nSPS) is 12.9. The van der Waals surface area contributed by atoms with Gasteiger partial charge in [0.25, 0.3) is 0 Å². The molecular weight excluding hydrogens is 278 g/mol.